The summed E-state index contributed by atoms with van der Waals surface area (Å²) in [6.45, 7) is 18.4. The normalized spacial score (nSPS) is 16.0. The van der Waals surface area contributed by atoms with Crippen LogP contribution in [-0.2, 0) is 5.41 Å². The predicted octanol–water partition coefficient (Wildman–Crippen LogP) is 8.09. The summed E-state index contributed by atoms with van der Waals surface area (Å²) in [5.74, 6) is 0.873. The highest BCUT2D eigenvalue weighted by Gasteiger charge is 2.20. The molecule has 0 saturated heterocycles. The average molecular weight is 453 g/mol. The predicted molar refractivity (Wildman–Crippen MR) is 149 cm³/mol. The molecule has 0 saturated carbocycles. The molecule has 0 radical (unpaired) electrons. The molecule has 1 N–H and O–H groups in total. The van der Waals surface area contributed by atoms with Gasteiger partial charge in [0.15, 0.2) is 0 Å². The summed E-state index contributed by atoms with van der Waals surface area (Å²) in [4.78, 5) is 2.12. The first-order valence-electron chi connectivity index (χ1n) is 12.4. The minimum atomic E-state index is 0.196. The third-order valence-electron chi connectivity index (χ3n) is 6.91. The van der Waals surface area contributed by atoms with Gasteiger partial charge in [0.05, 0.1) is 5.82 Å². The van der Waals surface area contributed by atoms with E-state index >= 15 is 0 Å². The number of allylic oxidation sites excluding steroid dienone is 4. The fourth-order valence-electron chi connectivity index (χ4n) is 4.38. The SMILES string of the molecule is C=C1C=CN(C(=C)NC)C/C1=C/C(=C(\C)c1ccc(C(C)(C)CCCC)cc1)c1ccccc1. The molecule has 0 unspecified atom stereocenters. The second-order valence-corrected chi connectivity index (χ2v) is 9.80. The van der Waals surface area contributed by atoms with Crippen molar-refractivity contribution >= 4 is 11.1 Å². The van der Waals surface area contributed by atoms with Crippen molar-refractivity contribution in [2.75, 3.05) is 13.6 Å². The molecule has 2 aromatic carbocycles. The van der Waals surface area contributed by atoms with Crippen molar-refractivity contribution in [1.29, 1.82) is 0 Å². The summed E-state index contributed by atoms with van der Waals surface area (Å²) < 4.78 is 0. The van der Waals surface area contributed by atoms with Crippen molar-refractivity contribution in [2.45, 2.75) is 52.4 Å². The first-order valence-corrected chi connectivity index (χ1v) is 12.4. The number of benzene rings is 2. The van der Waals surface area contributed by atoms with Crippen molar-refractivity contribution in [3.63, 3.8) is 0 Å². The van der Waals surface area contributed by atoms with Gasteiger partial charge in [-0.05, 0) is 69.9 Å². The molecule has 34 heavy (non-hydrogen) atoms. The summed E-state index contributed by atoms with van der Waals surface area (Å²) in [6, 6.07) is 19.8. The molecular formula is C32H40N2. The molecule has 3 rings (SSSR count). The second-order valence-electron chi connectivity index (χ2n) is 9.80. The zero-order valence-corrected chi connectivity index (χ0v) is 21.6. The molecule has 0 spiro atoms. The van der Waals surface area contributed by atoms with Gasteiger partial charge < -0.3 is 10.2 Å². The Hall–Kier alpha value is -3.26. The molecule has 0 aliphatic carbocycles. The van der Waals surface area contributed by atoms with Gasteiger partial charge in [-0.1, -0.05) is 101 Å². The molecule has 2 aromatic rings. The monoisotopic (exact) mass is 452 g/mol. The van der Waals surface area contributed by atoms with E-state index in [1.807, 2.05) is 13.2 Å². The van der Waals surface area contributed by atoms with Crippen LogP contribution in [0.1, 0.15) is 63.6 Å². The molecule has 0 amide bonds. The maximum absolute atomic E-state index is 4.30. The lowest BCUT2D eigenvalue weighted by atomic mass is 9.79. The maximum atomic E-state index is 4.30. The summed E-state index contributed by atoms with van der Waals surface area (Å²) >= 11 is 0. The molecule has 0 fully saturated rings. The Morgan fingerprint density at radius 1 is 1.06 bits per heavy atom. The van der Waals surface area contributed by atoms with Crippen LogP contribution in [0.4, 0.5) is 0 Å². The molecular weight excluding hydrogens is 412 g/mol. The van der Waals surface area contributed by atoms with Gasteiger partial charge in [0.25, 0.3) is 0 Å². The minimum Gasteiger partial charge on any atom is -0.375 e. The van der Waals surface area contributed by atoms with Gasteiger partial charge in [-0.15, -0.1) is 0 Å². The quantitative estimate of drug-likeness (QED) is 0.387. The van der Waals surface area contributed by atoms with Gasteiger partial charge in [0.1, 0.15) is 0 Å². The minimum absolute atomic E-state index is 0.196. The Balaban J connectivity index is 2.03. The Bertz CT molecular complexity index is 1100. The standard InChI is InChI=1S/C32H40N2/c1-8-9-20-32(5,6)30-17-15-27(16-18-30)25(3)31(28-13-11-10-12-14-28)22-29-23-34(26(4)33-7)21-19-24(29)2/h10-19,21-22,33H,2,4,8-9,20,23H2,1,3,5-7H3/b29-22-,31-25-. The summed E-state index contributed by atoms with van der Waals surface area (Å²) in [5, 5.41) is 3.14. The topological polar surface area (TPSA) is 15.3 Å². The van der Waals surface area contributed by atoms with Gasteiger partial charge in [0, 0.05) is 19.8 Å². The van der Waals surface area contributed by atoms with Crippen LogP contribution in [-0.4, -0.2) is 18.5 Å². The molecule has 0 atom stereocenters. The average Bonchev–Trinajstić information content (AvgIpc) is 2.86. The number of nitrogens with one attached hydrogen (secondary N) is 1. The zero-order chi connectivity index (χ0) is 24.7. The smallest absolute Gasteiger partial charge is 0.0979 e. The number of hydrogen-bond donors (Lipinski definition) is 1. The Labute approximate surface area is 207 Å². The number of unbranched alkanes of at least 4 members (excludes halogenated alkanes) is 1. The highest BCUT2D eigenvalue weighted by Crippen LogP contribution is 2.33. The van der Waals surface area contributed by atoms with Crippen molar-refractivity contribution in [3.8, 4) is 0 Å². The highest BCUT2D eigenvalue weighted by atomic mass is 15.2. The van der Waals surface area contributed by atoms with E-state index in [0.717, 1.165) is 17.9 Å². The second kappa shape index (κ2) is 11.2. The van der Waals surface area contributed by atoms with Gasteiger partial charge in [0.2, 0.25) is 0 Å². The summed E-state index contributed by atoms with van der Waals surface area (Å²) in [6.07, 6.45) is 10.1. The highest BCUT2D eigenvalue weighted by molar-refractivity contribution is 5.95. The molecule has 2 heteroatoms. The Morgan fingerprint density at radius 3 is 2.35 bits per heavy atom. The van der Waals surface area contributed by atoms with Gasteiger partial charge in [-0.2, -0.15) is 0 Å². The van der Waals surface area contributed by atoms with Crippen LogP contribution in [0.25, 0.3) is 11.1 Å². The first-order chi connectivity index (χ1) is 16.3. The van der Waals surface area contributed by atoms with Gasteiger partial charge in [-0.3, -0.25) is 0 Å². The molecule has 1 aliphatic heterocycles. The maximum Gasteiger partial charge on any atom is 0.0979 e. The van der Waals surface area contributed by atoms with Gasteiger partial charge in [-0.25, -0.2) is 0 Å². The van der Waals surface area contributed by atoms with Crippen molar-refractivity contribution < 1.29 is 0 Å². The van der Waals surface area contributed by atoms with E-state index in [1.165, 1.54) is 52.7 Å². The number of hydrogen-bond acceptors (Lipinski definition) is 2. The number of nitrogens with zero attached hydrogens (tertiary/aromatic N) is 1. The first kappa shape index (κ1) is 25.4. The van der Waals surface area contributed by atoms with Crippen molar-refractivity contribution in [2.24, 2.45) is 0 Å². The van der Waals surface area contributed by atoms with E-state index in [2.05, 4.69) is 118 Å². The molecule has 0 bridgehead atoms. The lowest BCUT2D eigenvalue weighted by molar-refractivity contribution is 0.458. The summed E-state index contributed by atoms with van der Waals surface area (Å²) in [5.41, 5.74) is 8.77. The van der Waals surface area contributed by atoms with E-state index in [0.29, 0.717) is 0 Å². The van der Waals surface area contributed by atoms with E-state index in [1.54, 1.807) is 0 Å². The van der Waals surface area contributed by atoms with E-state index in [9.17, 15) is 0 Å². The van der Waals surface area contributed by atoms with Gasteiger partial charge >= 0.3 is 0 Å². The van der Waals surface area contributed by atoms with Crippen LogP contribution in [0.3, 0.4) is 0 Å². The molecule has 0 aromatic heterocycles. The van der Waals surface area contributed by atoms with Crippen molar-refractivity contribution in [3.05, 3.63) is 120 Å². The largest absolute Gasteiger partial charge is 0.375 e. The van der Waals surface area contributed by atoms with Crippen molar-refractivity contribution in [1.82, 2.24) is 10.2 Å². The fourth-order valence-corrected chi connectivity index (χ4v) is 4.38. The van der Waals surface area contributed by atoms with Crippen LogP contribution >= 0.6 is 0 Å². The van der Waals surface area contributed by atoms with Crippen LogP contribution < -0.4 is 5.32 Å². The molecule has 1 aliphatic rings. The molecule has 2 nitrogen and oxygen atoms in total. The van der Waals surface area contributed by atoms with Crippen LogP contribution in [0, 0.1) is 0 Å². The van der Waals surface area contributed by atoms with Crippen LogP contribution in [0.15, 0.2) is 103 Å². The fraction of sp³-hybridized carbons (Fsp3) is 0.312. The zero-order valence-electron chi connectivity index (χ0n) is 21.6. The Morgan fingerprint density at radius 2 is 1.74 bits per heavy atom. The third kappa shape index (κ3) is 5.99. The van der Waals surface area contributed by atoms with E-state index < -0.39 is 0 Å². The Kier molecular flexibility index (Phi) is 8.39. The van der Waals surface area contributed by atoms with Crippen LogP contribution in [0.5, 0.6) is 0 Å². The van der Waals surface area contributed by atoms with E-state index in [-0.39, 0.29) is 5.41 Å². The third-order valence-corrected chi connectivity index (χ3v) is 6.91. The molecule has 1 heterocycles. The summed E-state index contributed by atoms with van der Waals surface area (Å²) in [7, 11) is 1.90. The molecule has 178 valence electrons. The van der Waals surface area contributed by atoms with E-state index in [4.69, 9.17) is 0 Å². The van der Waals surface area contributed by atoms with Crippen LogP contribution in [0.2, 0.25) is 0 Å². The lowest BCUT2D eigenvalue weighted by Gasteiger charge is -2.28. The number of rotatable bonds is 9. The lowest BCUT2D eigenvalue weighted by Crippen LogP contribution is -2.28.